The van der Waals surface area contributed by atoms with Crippen molar-refractivity contribution >= 4 is 16.0 Å². The van der Waals surface area contributed by atoms with E-state index in [9.17, 15) is 13.2 Å². The molecule has 2 unspecified atom stereocenters. The summed E-state index contributed by atoms with van der Waals surface area (Å²) in [6.07, 6.45) is 1.15. The maximum atomic E-state index is 12.7. The van der Waals surface area contributed by atoms with E-state index in [1.807, 2.05) is 0 Å². The highest BCUT2D eigenvalue weighted by Crippen LogP contribution is 2.46. The molecule has 1 aromatic heterocycles. The van der Waals surface area contributed by atoms with Crippen LogP contribution in [0.15, 0.2) is 11.0 Å². The van der Waals surface area contributed by atoms with Gasteiger partial charge in [0.15, 0.2) is 0 Å². The lowest BCUT2D eigenvalue weighted by molar-refractivity contribution is 0.0515. The predicted octanol–water partition coefficient (Wildman–Crippen LogP) is 1.15. The number of carbonyl (C=O) groups is 1. The molecular weight excluding hydrogens is 292 g/mol. The van der Waals surface area contributed by atoms with Crippen molar-refractivity contribution in [2.75, 3.05) is 19.7 Å². The van der Waals surface area contributed by atoms with Gasteiger partial charge in [0.25, 0.3) is 0 Å². The molecule has 7 heteroatoms. The molecule has 1 aliphatic carbocycles. The maximum absolute atomic E-state index is 12.7. The van der Waals surface area contributed by atoms with E-state index in [0.29, 0.717) is 30.6 Å². The van der Waals surface area contributed by atoms with Crippen LogP contribution in [0, 0.1) is 18.8 Å². The van der Waals surface area contributed by atoms with Crippen LogP contribution in [0.3, 0.4) is 0 Å². The topological polar surface area (TPSA) is 68.6 Å². The molecule has 1 aromatic rings. The summed E-state index contributed by atoms with van der Waals surface area (Å²) in [6, 6.07) is 1.44. The SMILES string of the molecule is CCOC(=O)c1cc(S(=O)(=O)N2CC3CC3C2)c(C)n1C. The Morgan fingerprint density at radius 1 is 1.38 bits per heavy atom. The summed E-state index contributed by atoms with van der Waals surface area (Å²) in [7, 11) is -1.83. The zero-order valence-electron chi connectivity index (χ0n) is 12.5. The first kappa shape index (κ1) is 14.6. The van der Waals surface area contributed by atoms with Gasteiger partial charge in [-0.05, 0) is 38.2 Å². The van der Waals surface area contributed by atoms with Gasteiger partial charge in [-0.2, -0.15) is 4.31 Å². The molecule has 3 rings (SSSR count). The van der Waals surface area contributed by atoms with Crippen LogP contribution in [0.2, 0.25) is 0 Å². The van der Waals surface area contributed by atoms with Crippen molar-refractivity contribution in [1.29, 1.82) is 0 Å². The van der Waals surface area contributed by atoms with E-state index >= 15 is 0 Å². The smallest absolute Gasteiger partial charge is 0.354 e. The summed E-state index contributed by atoms with van der Waals surface area (Å²) in [4.78, 5) is 12.1. The van der Waals surface area contributed by atoms with Gasteiger partial charge in [-0.3, -0.25) is 0 Å². The molecule has 0 amide bonds. The molecule has 0 spiro atoms. The number of piperidine rings is 1. The van der Waals surface area contributed by atoms with Crippen molar-refractivity contribution in [2.24, 2.45) is 18.9 Å². The van der Waals surface area contributed by atoms with Crippen molar-refractivity contribution in [3.05, 3.63) is 17.5 Å². The molecule has 1 saturated heterocycles. The van der Waals surface area contributed by atoms with E-state index in [4.69, 9.17) is 4.74 Å². The third kappa shape index (κ3) is 2.28. The van der Waals surface area contributed by atoms with Gasteiger partial charge in [-0.1, -0.05) is 0 Å². The fourth-order valence-electron chi connectivity index (χ4n) is 3.02. The molecule has 0 bridgehead atoms. The van der Waals surface area contributed by atoms with E-state index in [2.05, 4.69) is 0 Å². The quantitative estimate of drug-likeness (QED) is 0.782. The van der Waals surface area contributed by atoms with Crippen LogP contribution in [0.4, 0.5) is 0 Å². The van der Waals surface area contributed by atoms with Crippen LogP contribution in [0.25, 0.3) is 0 Å². The lowest BCUT2D eigenvalue weighted by atomic mass is 10.4. The number of hydrogen-bond donors (Lipinski definition) is 0. The second kappa shape index (κ2) is 4.84. The molecule has 6 nitrogen and oxygen atoms in total. The minimum Gasteiger partial charge on any atom is -0.461 e. The largest absolute Gasteiger partial charge is 0.461 e. The Morgan fingerprint density at radius 3 is 2.57 bits per heavy atom. The van der Waals surface area contributed by atoms with Crippen LogP contribution in [0.5, 0.6) is 0 Å². The molecule has 2 fully saturated rings. The molecule has 2 aliphatic rings. The first-order chi connectivity index (χ1) is 9.86. The van der Waals surface area contributed by atoms with E-state index in [-0.39, 0.29) is 17.2 Å². The van der Waals surface area contributed by atoms with E-state index in [0.717, 1.165) is 6.42 Å². The fraction of sp³-hybridized carbons (Fsp3) is 0.643. The number of nitrogens with zero attached hydrogens (tertiary/aromatic N) is 2. The summed E-state index contributed by atoms with van der Waals surface area (Å²) in [6.45, 7) is 4.92. The number of carbonyl (C=O) groups excluding carboxylic acids is 1. The number of hydrogen-bond acceptors (Lipinski definition) is 4. The number of rotatable bonds is 4. The van der Waals surface area contributed by atoms with Gasteiger partial charge in [-0.15, -0.1) is 0 Å². The molecule has 21 heavy (non-hydrogen) atoms. The Morgan fingerprint density at radius 2 is 2.00 bits per heavy atom. The molecule has 1 saturated carbocycles. The molecule has 0 radical (unpaired) electrons. The van der Waals surface area contributed by atoms with Crippen LogP contribution in [-0.2, 0) is 21.8 Å². The van der Waals surface area contributed by atoms with Crippen LogP contribution in [0.1, 0.15) is 29.5 Å². The maximum Gasteiger partial charge on any atom is 0.354 e. The van der Waals surface area contributed by atoms with Crippen molar-refractivity contribution in [3.63, 3.8) is 0 Å². The van der Waals surface area contributed by atoms with Crippen LogP contribution in [-0.4, -0.2) is 43.0 Å². The zero-order valence-corrected chi connectivity index (χ0v) is 13.3. The average Bonchev–Trinajstić information content (AvgIpc) is 2.90. The van der Waals surface area contributed by atoms with Gasteiger partial charge < -0.3 is 9.30 Å². The van der Waals surface area contributed by atoms with E-state index < -0.39 is 16.0 Å². The second-order valence-electron chi connectivity index (χ2n) is 5.84. The van der Waals surface area contributed by atoms with Crippen LogP contribution >= 0.6 is 0 Å². The third-order valence-corrected chi connectivity index (χ3v) is 6.48. The standard InChI is InChI=1S/C14H20N2O4S/c1-4-20-14(17)12-6-13(9(2)15(12)3)21(18,19)16-7-10-5-11(10)8-16/h6,10-11H,4-5,7-8H2,1-3H3. The normalized spacial score (nSPS) is 24.9. The molecule has 116 valence electrons. The fourth-order valence-corrected chi connectivity index (χ4v) is 4.85. The van der Waals surface area contributed by atoms with Gasteiger partial charge in [0.1, 0.15) is 10.6 Å². The third-order valence-electron chi connectivity index (χ3n) is 4.54. The first-order valence-corrected chi connectivity index (χ1v) is 8.63. The van der Waals surface area contributed by atoms with Crippen molar-refractivity contribution in [2.45, 2.75) is 25.2 Å². The number of aromatic nitrogens is 1. The molecule has 1 aliphatic heterocycles. The molecule has 0 N–H and O–H groups in total. The lowest BCUT2D eigenvalue weighted by Gasteiger charge is -2.17. The minimum atomic E-state index is -3.52. The zero-order chi connectivity index (χ0) is 15.4. The number of esters is 1. The Bertz CT molecular complexity index is 682. The number of sulfonamides is 1. The van der Waals surface area contributed by atoms with Crippen molar-refractivity contribution < 1.29 is 17.9 Å². The Labute approximate surface area is 124 Å². The van der Waals surface area contributed by atoms with Gasteiger partial charge in [-0.25, -0.2) is 13.2 Å². The Hall–Kier alpha value is -1.34. The van der Waals surface area contributed by atoms with Gasteiger partial charge in [0.2, 0.25) is 10.0 Å². The second-order valence-corrected chi connectivity index (χ2v) is 7.74. The summed E-state index contributed by atoms with van der Waals surface area (Å²) in [5, 5.41) is 0. The van der Waals surface area contributed by atoms with Gasteiger partial charge in [0.05, 0.1) is 6.61 Å². The minimum absolute atomic E-state index is 0.217. The van der Waals surface area contributed by atoms with E-state index in [1.54, 1.807) is 29.8 Å². The highest BCUT2D eigenvalue weighted by atomic mass is 32.2. The van der Waals surface area contributed by atoms with Crippen molar-refractivity contribution in [3.8, 4) is 0 Å². The van der Waals surface area contributed by atoms with Crippen molar-refractivity contribution in [1.82, 2.24) is 8.87 Å². The highest BCUT2D eigenvalue weighted by molar-refractivity contribution is 7.89. The Balaban J connectivity index is 1.95. The highest BCUT2D eigenvalue weighted by Gasteiger charge is 2.49. The lowest BCUT2D eigenvalue weighted by Crippen LogP contribution is -2.30. The van der Waals surface area contributed by atoms with Gasteiger partial charge in [0, 0.05) is 25.8 Å². The Kier molecular flexibility index (Phi) is 3.37. The number of ether oxygens (including phenoxy) is 1. The van der Waals surface area contributed by atoms with Crippen LogP contribution < -0.4 is 0 Å². The molecule has 2 atom stereocenters. The predicted molar refractivity (Wildman–Crippen MR) is 76.5 cm³/mol. The summed E-state index contributed by atoms with van der Waals surface area (Å²) >= 11 is 0. The molecular formula is C14H20N2O4S. The number of fused-ring (bicyclic) bond motifs is 1. The molecule has 2 heterocycles. The average molecular weight is 312 g/mol. The summed E-state index contributed by atoms with van der Waals surface area (Å²) in [5.41, 5.74) is 0.843. The summed E-state index contributed by atoms with van der Waals surface area (Å²) < 4.78 is 33.6. The molecule has 0 aromatic carbocycles. The van der Waals surface area contributed by atoms with E-state index in [1.165, 1.54) is 6.07 Å². The van der Waals surface area contributed by atoms with Gasteiger partial charge >= 0.3 is 5.97 Å². The summed E-state index contributed by atoms with van der Waals surface area (Å²) in [5.74, 6) is 0.579. The first-order valence-electron chi connectivity index (χ1n) is 7.19. The monoisotopic (exact) mass is 312 g/mol.